The molecule has 0 amide bonds. The number of ether oxygens (including phenoxy) is 1. The topological polar surface area (TPSA) is 56.8 Å². The Morgan fingerprint density at radius 1 is 1.38 bits per heavy atom. The average Bonchev–Trinajstić information content (AvgIpc) is 2.58. The van der Waals surface area contributed by atoms with Crippen LogP contribution in [-0.4, -0.2) is 54.9 Å². The molecule has 0 aromatic carbocycles. The van der Waals surface area contributed by atoms with Crippen molar-refractivity contribution in [3.63, 3.8) is 0 Å². The van der Waals surface area contributed by atoms with Gasteiger partial charge in [0.2, 0.25) is 0 Å². The summed E-state index contributed by atoms with van der Waals surface area (Å²) < 4.78 is 5.80. The maximum absolute atomic E-state index is 9.99. The number of hydrogen-bond donors (Lipinski definition) is 3. The number of nitrogens with one attached hydrogen (secondary N) is 2. The Hall–Kier alpha value is -1.82. The normalized spacial score (nSPS) is 24.1. The minimum absolute atomic E-state index is 0.214. The number of rotatable bonds is 6. The standard InChI is InChI=1S/C19H27N3O2/c1-13(2)21-10-15(23)12-24-16-4-5-18-17-6-7-20-9-14(17)11-22(3)19(18)8-16/h4-9,13,15,19-21,23H,10-12H2,1-3H3. The van der Waals surface area contributed by atoms with E-state index in [1.54, 1.807) is 0 Å². The van der Waals surface area contributed by atoms with Crippen molar-refractivity contribution >= 4 is 0 Å². The van der Waals surface area contributed by atoms with Gasteiger partial charge >= 0.3 is 0 Å². The lowest BCUT2D eigenvalue weighted by atomic mass is 9.86. The van der Waals surface area contributed by atoms with E-state index in [0.717, 1.165) is 12.3 Å². The zero-order valence-corrected chi connectivity index (χ0v) is 14.6. The van der Waals surface area contributed by atoms with Crippen molar-refractivity contribution in [1.29, 1.82) is 0 Å². The first kappa shape index (κ1) is 17.0. The Bertz CT molecular complexity index is 629. The van der Waals surface area contributed by atoms with Gasteiger partial charge in [-0.25, -0.2) is 0 Å². The average molecular weight is 329 g/mol. The van der Waals surface area contributed by atoms with Gasteiger partial charge in [0.15, 0.2) is 0 Å². The molecule has 0 radical (unpaired) electrons. The van der Waals surface area contributed by atoms with E-state index < -0.39 is 6.10 Å². The Morgan fingerprint density at radius 3 is 3.00 bits per heavy atom. The van der Waals surface area contributed by atoms with Gasteiger partial charge in [-0.05, 0) is 42.0 Å². The molecule has 5 nitrogen and oxygen atoms in total. The SMILES string of the molecule is CC(C)NCC(O)COC1=CC2C(=C3C=CNC=C3CN2C)C=C1. The summed E-state index contributed by atoms with van der Waals surface area (Å²) in [5.41, 5.74) is 3.90. The van der Waals surface area contributed by atoms with E-state index in [1.807, 2.05) is 12.3 Å². The van der Waals surface area contributed by atoms with Gasteiger partial charge in [-0.1, -0.05) is 19.9 Å². The Labute approximate surface area is 144 Å². The fraction of sp³-hybridized carbons (Fsp3) is 0.474. The van der Waals surface area contributed by atoms with Crippen LogP contribution in [0, 0.1) is 0 Å². The number of fused-ring (bicyclic) bond motifs is 2. The minimum atomic E-state index is -0.507. The van der Waals surface area contributed by atoms with E-state index >= 15 is 0 Å². The van der Waals surface area contributed by atoms with E-state index in [2.05, 4.69) is 60.9 Å². The van der Waals surface area contributed by atoms with Crippen molar-refractivity contribution in [2.75, 3.05) is 26.7 Å². The number of allylic oxidation sites excluding steroid dienone is 2. The van der Waals surface area contributed by atoms with Gasteiger partial charge in [-0.15, -0.1) is 0 Å². The summed E-state index contributed by atoms with van der Waals surface area (Å²) in [4.78, 5) is 2.30. The molecule has 3 N–H and O–H groups in total. The molecule has 130 valence electrons. The smallest absolute Gasteiger partial charge is 0.117 e. The fourth-order valence-electron chi connectivity index (χ4n) is 3.15. The molecule has 5 heteroatoms. The van der Waals surface area contributed by atoms with Crippen LogP contribution < -0.4 is 10.6 Å². The predicted molar refractivity (Wildman–Crippen MR) is 96.1 cm³/mol. The van der Waals surface area contributed by atoms with E-state index in [-0.39, 0.29) is 6.04 Å². The van der Waals surface area contributed by atoms with E-state index in [0.29, 0.717) is 19.2 Å². The molecule has 0 saturated heterocycles. The molecule has 3 aliphatic rings. The second-order valence-corrected chi connectivity index (χ2v) is 6.83. The van der Waals surface area contributed by atoms with Gasteiger partial charge in [0.25, 0.3) is 0 Å². The van der Waals surface area contributed by atoms with Crippen molar-refractivity contribution < 1.29 is 9.84 Å². The Kier molecular flexibility index (Phi) is 5.23. The first-order chi connectivity index (χ1) is 11.5. The number of hydrogen-bond acceptors (Lipinski definition) is 5. The van der Waals surface area contributed by atoms with Crippen molar-refractivity contribution in [1.82, 2.24) is 15.5 Å². The zero-order chi connectivity index (χ0) is 17.1. The van der Waals surface area contributed by atoms with Gasteiger partial charge in [0, 0.05) is 31.5 Å². The molecule has 1 aliphatic carbocycles. The molecule has 2 unspecified atom stereocenters. The molecule has 3 rings (SSSR count). The van der Waals surface area contributed by atoms with Crippen LogP contribution >= 0.6 is 0 Å². The summed E-state index contributed by atoms with van der Waals surface area (Å²) in [7, 11) is 2.12. The van der Waals surface area contributed by atoms with Crippen LogP contribution in [0.3, 0.4) is 0 Å². The third-order valence-electron chi connectivity index (χ3n) is 4.43. The van der Waals surface area contributed by atoms with Crippen LogP contribution in [0.25, 0.3) is 0 Å². The quantitative estimate of drug-likeness (QED) is 0.688. The van der Waals surface area contributed by atoms with Gasteiger partial charge in [-0.2, -0.15) is 0 Å². The number of nitrogens with zero attached hydrogens (tertiary/aromatic N) is 1. The highest BCUT2D eigenvalue weighted by Gasteiger charge is 2.29. The summed E-state index contributed by atoms with van der Waals surface area (Å²) in [6, 6.07) is 0.574. The predicted octanol–water partition coefficient (Wildman–Crippen LogP) is 1.43. The molecular formula is C19H27N3O2. The minimum Gasteiger partial charge on any atom is -0.491 e. The molecule has 0 fully saturated rings. The molecule has 0 aromatic rings. The summed E-state index contributed by atoms with van der Waals surface area (Å²) in [6.45, 7) is 5.86. The number of aliphatic hydroxyl groups excluding tert-OH is 1. The molecule has 0 aromatic heterocycles. The highest BCUT2D eigenvalue weighted by molar-refractivity contribution is 5.57. The van der Waals surface area contributed by atoms with Crippen LogP contribution in [-0.2, 0) is 4.74 Å². The number of aliphatic hydroxyl groups is 1. The van der Waals surface area contributed by atoms with Crippen molar-refractivity contribution in [3.05, 3.63) is 59.2 Å². The first-order valence-electron chi connectivity index (χ1n) is 8.55. The first-order valence-corrected chi connectivity index (χ1v) is 8.55. The molecule has 2 atom stereocenters. The maximum atomic E-state index is 9.99. The largest absolute Gasteiger partial charge is 0.491 e. The van der Waals surface area contributed by atoms with E-state index in [4.69, 9.17) is 4.74 Å². The van der Waals surface area contributed by atoms with Gasteiger partial charge in [-0.3, -0.25) is 4.90 Å². The van der Waals surface area contributed by atoms with E-state index in [9.17, 15) is 5.11 Å². The zero-order valence-electron chi connectivity index (χ0n) is 14.6. The van der Waals surface area contributed by atoms with Crippen LogP contribution in [0.5, 0.6) is 0 Å². The Morgan fingerprint density at radius 2 is 2.21 bits per heavy atom. The lowest BCUT2D eigenvalue weighted by Gasteiger charge is -2.37. The third-order valence-corrected chi connectivity index (χ3v) is 4.43. The molecule has 2 aliphatic heterocycles. The van der Waals surface area contributed by atoms with Crippen LogP contribution in [0.15, 0.2) is 59.2 Å². The van der Waals surface area contributed by atoms with Crippen molar-refractivity contribution in [3.8, 4) is 0 Å². The highest BCUT2D eigenvalue weighted by Crippen LogP contribution is 2.33. The summed E-state index contributed by atoms with van der Waals surface area (Å²) in [6.07, 6.45) is 11.9. The number of dihydropyridines is 1. The monoisotopic (exact) mass is 329 g/mol. The highest BCUT2D eigenvalue weighted by atomic mass is 16.5. The molecular weight excluding hydrogens is 302 g/mol. The van der Waals surface area contributed by atoms with Crippen LogP contribution in [0.4, 0.5) is 0 Å². The van der Waals surface area contributed by atoms with Crippen LogP contribution in [0.1, 0.15) is 13.8 Å². The van der Waals surface area contributed by atoms with Crippen molar-refractivity contribution in [2.45, 2.75) is 32.0 Å². The van der Waals surface area contributed by atoms with Crippen molar-refractivity contribution in [2.24, 2.45) is 0 Å². The second kappa shape index (κ2) is 7.38. The van der Waals surface area contributed by atoms with Gasteiger partial charge < -0.3 is 20.5 Å². The van der Waals surface area contributed by atoms with E-state index in [1.165, 1.54) is 16.7 Å². The Balaban J connectivity index is 1.65. The maximum Gasteiger partial charge on any atom is 0.117 e. The summed E-state index contributed by atoms with van der Waals surface area (Å²) in [5.74, 6) is 0.824. The third kappa shape index (κ3) is 3.80. The molecule has 0 bridgehead atoms. The lowest BCUT2D eigenvalue weighted by molar-refractivity contribution is 0.0728. The fourth-order valence-corrected chi connectivity index (χ4v) is 3.15. The summed E-state index contributed by atoms with van der Waals surface area (Å²) >= 11 is 0. The van der Waals surface area contributed by atoms with Gasteiger partial charge in [0.05, 0.1) is 6.04 Å². The molecule has 0 spiro atoms. The summed E-state index contributed by atoms with van der Waals surface area (Å²) in [5, 5.41) is 16.4. The molecule has 24 heavy (non-hydrogen) atoms. The second-order valence-electron chi connectivity index (χ2n) is 6.83. The van der Waals surface area contributed by atoms with Gasteiger partial charge in [0.1, 0.15) is 18.5 Å². The molecule has 0 saturated carbocycles. The molecule has 2 heterocycles. The lowest BCUT2D eigenvalue weighted by Crippen LogP contribution is -2.40. The van der Waals surface area contributed by atoms with Crippen LogP contribution in [0.2, 0.25) is 0 Å². The number of likely N-dealkylation sites (N-methyl/N-ethyl adjacent to an activating group) is 1.